The lowest BCUT2D eigenvalue weighted by molar-refractivity contribution is 0.0708. The number of urea groups is 1. The first kappa shape index (κ1) is 25.6. The summed E-state index contributed by atoms with van der Waals surface area (Å²) in [5.41, 5.74) is 0.483. The number of rotatable bonds is 11. The van der Waals surface area contributed by atoms with Gasteiger partial charge in [-0.15, -0.1) is 0 Å². The topological polar surface area (TPSA) is 123 Å². The van der Waals surface area contributed by atoms with Crippen LogP contribution in [0.3, 0.4) is 0 Å². The van der Waals surface area contributed by atoms with Crippen LogP contribution in [0.1, 0.15) is 59.0 Å². The van der Waals surface area contributed by atoms with Gasteiger partial charge in [0, 0.05) is 43.5 Å². The third-order valence-electron chi connectivity index (χ3n) is 5.34. The largest absolute Gasteiger partial charge is 0.507 e. The van der Waals surface area contributed by atoms with Gasteiger partial charge in [-0.05, 0) is 39.3 Å². The van der Waals surface area contributed by atoms with Crippen molar-refractivity contribution >= 4 is 32.1 Å². The van der Waals surface area contributed by atoms with E-state index in [2.05, 4.69) is 10.6 Å². The number of carbonyl (C=O) groups is 3. The molecule has 1 aliphatic carbocycles. The summed E-state index contributed by atoms with van der Waals surface area (Å²) in [6, 6.07) is 9.11. The third kappa shape index (κ3) is 5.36. The summed E-state index contributed by atoms with van der Waals surface area (Å²) in [7, 11) is -2.80. The second-order valence-corrected chi connectivity index (χ2v) is 10.3. The second-order valence-electron chi connectivity index (χ2n) is 7.55. The van der Waals surface area contributed by atoms with Gasteiger partial charge < -0.3 is 29.0 Å². The smallest absolute Gasteiger partial charge is 0.500 e. The van der Waals surface area contributed by atoms with E-state index >= 15 is 0 Å². The Morgan fingerprint density at radius 3 is 2.00 bits per heavy atom. The van der Waals surface area contributed by atoms with Gasteiger partial charge in [-0.2, -0.15) is 0 Å². The standard InChI is InChI=1S/C24H30N2O7Si/c1-4-31-34(32-5-2,33-6-3)15-9-14-25-24(30)26-18-12-13-19(27)21-20(18)22(28)16-10-7-8-11-17(16)23(21)29/h7-8,10-13,27H,4-6,9,14-15H2,1-3H3,(H2,25,26,30). The first-order valence-corrected chi connectivity index (χ1v) is 13.3. The zero-order valence-electron chi connectivity index (χ0n) is 19.6. The zero-order chi connectivity index (χ0) is 24.7. The summed E-state index contributed by atoms with van der Waals surface area (Å²) in [6.07, 6.45) is 0.568. The van der Waals surface area contributed by atoms with Crippen LogP contribution in [0.15, 0.2) is 36.4 Å². The molecule has 9 nitrogen and oxygen atoms in total. The Kier molecular flexibility index (Phi) is 8.56. The molecule has 1 aliphatic rings. The minimum atomic E-state index is -2.80. The van der Waals surface area contributed by atoms with Crippen LogP contribution in [0.4, 0.5) is 10.5 Å². The van der Waals surface area contributed by atoms with Gasteiger partial charge >= 0.3 is 14.8 Å². The fraction of sp³-hybridized carbons (Fsp3) is 0.375. The van der Waals surface area contributed by atoms with Gasteiger partial charge in [0.25, 0.3) is 0 Å². The maximum atomic E-state index is 13.1. The van der Waals surface area contributed by atoms with E-state index in [1.807, 2.05) is 20.8 Å². The summed E-state index contributed by atoms with van der Waals surface area (Å²) in [4.78, 5) is 38.6. The van der Waals surface area contributed by atoms with Crippen molar-refractivity contribution in [2.45, 2.75) is 33.2 Å². The van der Waals surface area contributed by atoms with Crippen LogP contribution in [0, 0.1) is 0 Å². The molecule has 0 fully saturated rings. The highest BCUT2D eigenvalue weighted by molar-refractivity contribution is 6.60. The molecule has 0 atom stereocenters. The molecule has 0 saturated heterocycles. The van der Waals surface area contributed by atoms with Gasteiger partial charge in [-0.3, -0.25) is 9.59 Å². The molecule has 0 bridgehead atoms. The number of hydrogen-bond donors (Lipinski definition) is 3. The quantitative estimate of drug-likeness (QED) is 0.214. The highest BCUT2D eigenvalue weighted by atomic mass is 28.4. The normalized spacial score (nSPS) is 12.8. The number of phenols is 1. The molecule has 0 radical (unpaired) electrons. The summed E-state index contributed by atoms with van der Waals surface area (Å²) < 4.78 is 17.4. The average molecular weight is 487 g/mol. The zero-order valence-corrected chi connectivity index (χ0v) is 20.6. The van der Waals surface area contributed by atoms with E-state index in [0.29, 0.717) is 38.8 Å². The van der Waals surface area contributed by atoms with Crippen molar-refractivity contribution in [1.82, 2.24) is 5.32 Å². The molecule has 0 saturated carbocycles. The molecule has 2 aromatic rings. The Labute approximate surface area is 199 Å². The van der Waals surface area contributed by atoms with Crippen LogP contribution in [-0.2, 0) is 13.3 Å². The number of carbonyl (C=O) groups excluding carboxylic acids is 3. The highest BCUT2D eigenvalue weighted by Gasteiger charge is 2.39. The van der Waals surface area contributed by atoms with Gasteiger partial charge in [0.05, 0.1) is 16.8 Å². The van der Waals surface area contributed by atoms with E-state index in [4.69, 9.17) is 13.3 Å². The molecule has 0 unspecified atom stereocenters. The molecular formula is C24H30N2O7Si. The molecule has 0 aromatic heterocycles. The fourth-order valence-corrected chi connectivity index (χ4v) is 6.60. The van der Waals surface area contributed by atoms with Crippen LogP contribution in [0.25, 0.3) is 0 Å². The Balaban J connectivity index is 1.69. The molecule has 0 aliphatic heterocycles. The van der Waals surface area contributed by atoms with Crippen molar-refractivity contribution in [2.75, 3.05) is 31.7 Å². The Morgan fingerprint density at radius 1 is 0.882 bits per heavy atom. The van der Waals surface area contributed by atoms with Crippen LogP contribution >= 0.6 is 0 Å². The van der Waals surface area contributed by atoms with Crippen LogP contribution in [0.2, 0.25) is 6.04 Å². The maximum absolute atomic E-state index is 13.1. The van der Waals surface area contributed by atoms with E-state index in [-0.39, 0.29) is 33.7 Å². The molecule has 10 heteroatoms. The van der Waals surface area contributed by atoms with Gasteiger partial charge in [0.15, 0.2) is 11.6 Å². The van der Waals surface area contributed by atoms with E-state index < -0.39 is 26.4 Å². The predicted octanol–water partition coefficient (Wildman–Crippen LogP) is 3.73. The van der Waals surface area contributed by atoms with Crippen molar-refractivity contribution in [3.05, 3.63) is 58.7 Å². The van der Waals surface area contributed by atoms with Gasteiger partial charge in [0.1, 0.15) is 5.75 Å². The number of amides is 2. The van der Waals surface area contributed by atoms with Gasteiger partial charge in [-0.25, -0.2) is 4.79 Å². The molecule has 2 amide bonds. The number of hydrogen-bond acceptors (Lipinski definition) is 7. The summed E-state index contributed by atoms with van der Waals surface area (Å²) in [5.74, 6) is -1.20. The first-order chi connectivity index (χ1) is 16.4. The van der Waals surface area contributed by atoms with Crippen molar-refractivity contribution in [3.8, 4) is 5.75 Å². The SMILES string of the molecule is CCO[Si](CCCNC(=O)Nc1ccc(O)c2c1C(=O)c1ccccc1C2=O)(OCC)OCC. The Hall–Kier alpha value is -3.05. The molecule has 3 N–H and O–H groups in total. The highest BCUT2D eigenvalue weighted by Crippen LogP contribution is 2.36. The molecule has 0 spiro atoms. The maximum Gasteiger partial charge on any atom is 0.500 e. The van der Waals surface area contributed by atoms with Crippen molar-refractivity contribution in [1.29, 1.82) is 0 Å². The van der Waals surface area contributed by atoms with Gasteiger partial charge in [-0.1, -0.05) is 24.3 Å². The van der Waals surface area contributed by atoms with Crippen LogP contribution in [-0.4, -0.2) is 57.9 Å². The average Bonchev–Trinajstić information content (AvgIpc) is 2.82. The summed E-state index contributed by atoms with van der Waals surface area (Å²) in [6.45, 7) is 7.40. The van der Waals surface area contributed by atoms with Crippen LogP contribution in [0.5, 0.6) is 5.75 Å². The fourth-order valence-electron chi connectivity index (χ4n) is 3.98. The minimum Gasteiger partial charge on any atom is -0.507 e. The second kappa shape index (κ2) is 11.4. The number of aromatic hydroxyl groups is 1. The van der Waals surface area contributed by atoms with Crippen molar-refractivity contribution in [2.24, 2.45) is 0 Å². The third-order valence-corrected chi connectivity index (χ3v) is 8.49. The summed E-state index contributed by atoms with van der Waals surface area (Å²) >= 11 is 0. The number of ketones is 2. The Bertz CT molecular complexity index is 1060. The predicted molar refractivity (Wildman–Crippen MR) is 128 cm³/mol. The van der Waals surface area contributed by atoms with Crippen LogP contribution < -0.4 is 10.6 Å². The molecule has 2 aromatic carbocycles. The van der Waals surface area contributed by atoms with Crippen molar-refractivity contribution in [3.63, 3.8) is 0 Å². The number of nitrogens with one attached hydrogen (secondary N) is 2. The molecule has 182 valence electrons. The van der Waals surface area contributed by atoms with E-state index in [1.165, 1.54) is 12.1 Å². The number of fused-ring (bicyclic) bond motifs is 2. The first-order valence-electron chi connectivity index (χ1n) is 11.4. The summed E-state index contributed by atoms with van der Waals surface area (Å²) in [5, 5.41) is 15.7. The van der Waals surface area contributed by atoms with E-state index in [9.17, 15) is 19.5 Å². The lowest BCUT2D eigenvalue weighted by Gasteiger charge is -2.28. The lowest BCUT2D eigenvalue weighted by Crippen LogP contribution is -2.46. The van der Waals surface area contributed by atoms with E-state index in [0.717, 1.165) is 0 Å². The number of phenolic OH excluding ortho intramolecular Hbond substituents is 1. The van der Waals surface area contributed by atoms with Crippen molar-refractivity contribution < 1.29 is 32.8 Å². The molecule has 0 heterocycles. The Morgan fingerprint density at radius 2 is 1.44 bits per heavy atom. The molecular weight excluding hydrogens is 456 g/mol. The lowest BCUT2D eigenvalue weighted by atomic mass is 9.82. The number of anilines is 1. The van der Waals surface area contributed by atoms with Gasteiger partial charge in [0.2, 0.25) is 0 Å². The minimum absolute atomic E-state index is 0.0192. The molecule has 34 heavy (non-hydrogen) atoms. The number of benzene rings is 2. The van der Waals surface area contributed by atoms with E-state index in [1.54, 1.807) is 24.3 Å². The molecule has 3 rings (SSSR count). The monoisotopic (exact) mass is 486 g/mol.